The van der Waals surface area contributed by atoms with Crippen LogP contribution in [0.5, 0.6) is 0 Å². The number of Topliss-reactive ketones (excluding diaryl/α,β-unsaturated/α-hetero) is 1. The summed E-state index contributed by atoms with van der Waals surface area (Å²) in [5.41, 5.74) is 0.520. The van der Waals surface area contributed by atoms with Gasteiger partial charge < -0.3 is 14.5 Å². The van der Waals surface area contributed by atoms with Crippen LogP contribution in [-0.4, -0.2) is 35.4 Å². The van der Waals surface area contributed by atoms with Gasteiger partial charge in [0, 0.05) is 24.4 Å². The third kappa shape index (κ3) is 4.95. The Bertz CT molecular complexity index is 438. The van der Waals surface area contributed by atoms with Crippen molar-refractivity contribution in [2.45, 2.75) is 32.8 Å². The van der Waals surface area contributed by atoms with Crippen LogP contribution in [0.2, 0.25) is 0 Å². The van der Waals surface area contributed by atoms with Gasteiger partial charge in [-0.2, -0.15) is 0 Å². The lowest BCUT2D eigenvalue weighted by Crippen LogP contribution is -2.26. The zero-order chi connectivity index (χ0) is 14.3. The Morgan fingerprint density at radius 2 is 2.05 bits per heavy atom. The fourth-order valence-electron chi connectivity index (χ4n) is 1.42. The summed E-state index contributed by atoms with van der Waals surface area (Å²) in [6, 6.07) is 1.63. The molecule has 0 aromatic carbocycles. The number of ether oxygens (including phenoxy) is 2. The quantitative estimate of drug-likeness (QED) is 0.597. The van der Waals surface area contributed by atoms with Crippen LogP contribution >= 0.6 is 0 Å². The molecule has 0 saturated carbocycles. The second-order valence-corrected chi connectivity index (χ2v) is 3.91. The fraction of sp³-hybridized carbons (Fsp3) is 0.462. The van der Waals surface area contributed by atoms with Gasteiger partial charge in [0.05, 0.1) is 13.0 Å². The van der Waals surface area contributed by atoms with Crippen LogP contribution in [0.1, 0.15) is 37.0 Å². The minimum Gasteiger partial charge on any atom is -0.463 e. The molecule has 0 bridgehead atoms. The lowest BCUT2D eigenvalue weighted by molar-refractivity contribution is -0.166. The zero-order valence-electron chi connectivity index (χ0n) is 11.0. The molecule has 0 saturated heterocycles. The largest absolute Gasteiger partial charge is 0.463 e. The average molecular weight is 267 g/mol. The van der Waals surface area contributed by atoms with Gasteiger partial charge in [0.15, 0.2) is 11.9 Å². The molecule has 1 aromatic heterocycles. The second-order valence-electron chi connectivity index (χ2n) is 3.91. The molecule has 1 aromatic rings. The lowest BCUT2D eigenvalue weighted by atomic mass is 10.1. The number of H-pyrrole nitrogens is 1. The highest BCUT2D eigenvalue weighted by atomic mass is 16.6. The van der Waals surface area contributed by atoms with Crippen molar-refractivity contribution < 1.29 is 23.9 Å². The zero-order valence-corrected chi connectivity index (χ0v) is 11.0. The fourth-order valence-corrected chi connectivity index (χ4v) is 1.42. The number of hydrogen-bond acceptors (Lipinski definition) is 5. The minimum atomic E-state index is -0.949. The van der Waals surface area contributed by atoms with Crippen molar-refractivity contribution in [1.29, 1.82) is 0 Å². The van der Waals surface area contributed by atoms with Gasteiger partial charge in [0.2, 0.25) is 0 Å². The summed E-state index contributed by atoms with van der Waals surface area (Å²) >= 11 is 0. The van der Waals surface area contributed by atoms with Crippen molar-refractivity contribution in [3.8, 4) is 0 Å². The van der Waals surface area contributed by atoms with Gasteiger partial charge in [-0.25, -0.2) is 4.79 Å². The van der Waals surface area contributed by atoms with Crippen molar-refractivity contribution in [2.24, 2.45) is 0 Å². The molecule has 1 N–H and O–H groups in total. The molecular weight excluding hydrogens is 250 g/mol. The number of aromatic nitrogens is 1. The monoisotopic (exact) mass is 267 g/mol. The predicted octanol–water partition coefficient (Wildman–Crippen LogP) is 1.47. The second kappa shape index (κ2) is 7.35. The van der Waals surface area contributed by atoms with E-state index in [1.165, 1.54) is 6.92 Å². The SMILES string of the molecule is CCOC(=O)[C@H](C)OC(=O)CCC(=O)c1cc[nH]c1. The number of carbonyl (C=O) groups excluding carboxylic acids is 3. The number of nitrogens with one attached hydrogen (secondary N) is 1. The molecule has 104 valence electrons. The third-order valence-corrected chi connectivity index (χ3v) is 2.40. The molecule has 0 aliphatic heterocycles. The maximum absolute atomic E-state index is 11.6. The van der Waals surface area contributed by atoms with E-state index in [0.29, 0.717) is 5.56 Å². The van der Waals surface area contributed by atoms with Crippen molar-refractivity contribution >= 4 is 17.7 Å². The normalized spacial score (nSPS) is 11.7. The Balaban J connectivity index is 2.32. The summed E-state index contributed by atoms with van der Waals surface area (Å²) in [4.78, 5) is 37.1. The number of esters is 2. The van der Waals surface area contributed by atoms with E-state index in [1.54, 1.807) is 25.4 Å². The Kier molecular flexibility index (Phi) is 5.78. The Hall–Kier alpha value is -2.11. The highest BCUT2D eigenvalue weighted by Gasteiger charge is 2.19. The molecule has 19 heavy (non-hydrogen) atoms. The van der Waals surface area contributed by atoms with E-state index in [9.17, 15) is 14.4 Å². The van der Waals surface area contributed by atoms with Crippen LogP contribution in [0, 0.1) is 0 Å². The maximum atomic E-state index is 11.6. The first-order valence-electron chi connectivity index (χ1n) is 6.06. The molecule has 0 radical (unpaired) electrons. The van der Waals surface area contributed by atoms with Gasteiger partial charge in [0.25, 0.3) is 0 Å². The molecule has 0 unspecified atom stereocenters. The highest BCUT2D eigenvalue weighted by Crippen LogP contribution is 2.06. The van der Waals surface area contributed by atoms with Gasteiger partial charge in [-0.05, 0) is 19.9 Å². The summed E-state index contributed by atoms with van der Waals surface area (Å²) < 4.78 is 9.56. The van der Waals surface area contributed by atoms with E-state index >= 15 is 0 Å². The molecule has 1 heterocycles. The molecule has 0 aliphatic rings. The number of ketones is 1. The molecular formula is C13H17NO5. The number of aromatic amines is 1. The molecule has 0 aliphatic carbocycles. The van der Waals surface area contributed by atoms with Gasteiger partial charge in [-0.15, -0.1) is 0 Å². The molecule has 6 heteroatoms. The van der Waals surface area contributed by atoms with Crippen molar-refractivity contribution in [2.75, 3.05) is 6.61 Å². The number of rotatable bonds is 7. The van der Waals surface area contributed by atoms with Crippen molar-refractivity contribution in [3.05, 3.63) is 24.0 Å². The van der Waals surface area contributed by atoms with E-state index in [1.807, 2.05) is 0 Å². The van der Waals surface area contributed by atoms with Crippen LogP contribution in [0.4, 0.5) is 0 Å². The van der Waals surface area contributed by atoms with E-state index < -0.39 is 18.0 Å². The molecule has 1 rings (SSSR count). The standard InChI is InChI=1S/C13H17NO5/c1-3-18-13(17)9(2)19-12(16)5-4-11(15)10-6-7-14-8-10/h6-9,14H,3-5H2,1-2H3/t9-/m0/s1. The summed E-state index contributed by atoms with van der Waals surface area (Å²) in [6.45, 7) is 3.33. The van der Waals surface area contributed by atoms with E-state index in [2.05, 4.69) is 4.98 Å². The Morgan fingerprint density at radius 1 is 1.32 bits per heavy atom. The Labute approximate surface area is 111 Å². The Morgan fingerprint density at radius 3 is 2.63 bits per heavy atom. The van der Waals surface area contributed by atoms with Gasteiger partial charge in [-0.1, -0.05) is 0 Å². The van der Waals surface area contributed by atoms with E-state index in [4.69, 9.17) is 9.47 Å². The first kappa shape index (κ1) is 14.9. The van der Waals surface area contributed by atoms with Crippen molar-refractivity contribution in [3.63, 3.8) is 0 Å². The molecule has 1 atom stereocenters. The first-order chi connectivity index (χ1) is 9.04. The van der Waals surface area contributed by atoms with Gasteiger partial charge in [0.1, 0.15) is 0 Å². The molecule has 6 nitrogen and oxygen atoms in total. The summed E-state index contributed by atoms with van der Waals surface area (Å²) in [7, 11) is 0. The van der Waals surface area contributed by atoms with E-state index in [-0.39, 0.29) is 25.2 Å². The lowest BCUT2D eigenvalue weighted by Gasteiger charge is -2.11. The van der Waals surface area contributed by atoms with Crippen LogP contribution in [0.3, 0.4) is 0 Å². The van der Waals surface area contributed by atoms with Crippen LogP contribution in [0.25, 0.3) is 0 Å². The smallest absolute Gasteiger partial charge is 0.347 e. The minimum absolute atomic E-state index is 0.0478. The van der Waals surface area contributed by atoms with Crippen LogP contribution < -0.4 is 0 Å². The van der Waals surface area contributed by atoms with Crippen molar-refractivity contribution in [1.82, 2.24) is 4.98 Å². The average Bonchev–Trinajstić information content (AvgIpc) is 2.90. The summed E-state index contributed by atoms with van der Waals surface area (Å²) in [5, 5.41) is 0. The maximum Gasteiger partial charge on any atom is 0.347 e. The molecule has 0 amide bonds. The van der Waals surface area contributed by atoms with Gasteiger partial charge >= 0.3 is 11.9 Å². The van der Waals surface area contributed by atoms with Crippen LogP contribution in [0.15, 0.2) is 18.5 Å². The third-order valence-electron chi connectivity index (χ3n) is 2.40. The summed E-state index contributed by atoms with van der Waals surface area (Å²) in [5.74, 6) is -1.33. The first-order valence-corrected chi connectivity index (χ1v) is 6.06. The topological polar surface area (TPSA) is 85.5 Å². The van der Waals surface area contributed by atoms with E-state index in [0.717, 1.165) is 0 Å². The van der Waals surface area contributed by atoms with Gasteiger partial charge in [-0.3, -0.25) is 9.59 Å². The van der Waals surface area contributed by atoms with Crippen LogP contribution in [-0.2, 0) is 19.1 Å². The summed E-state index contributed by atoms with van der Waals surface area (Å²) in [6.07, 6.45) is 2.23. The molecule has 0 fully saturated rings. The predicted molar refractivity (Wildman–Crippen MR) is 66.5 cm³/mol. The number of carbonyl (C=O) groups is 3. The number of hydrogen-bond donors (Lipinski definition) is 1. The molecule has 0 spiro atoms. The highest BCUT2D eigenvalue weighted by molar-refractivity contribution is 5.97.